The van der Waals surface area contributed by atoms with Gasteiger partial charge in [0.1, 0.15) is 0 Å². The van der Waals surface area contributed by atoms with Crippen molar-refractivity contribution in [1.29, 1.82) is 0 Å². The number of benzene rings is 3. The van der Waals surface area contributed by atoms with E-state index in [2.05, 4.69) is 104 Å². The second kappa shape index (κ2) is 9.07. The highest BCUT2D eigenvalue weighted by atomic mass is 32.1. The summed E-state index contributed by atoms with van der Waals surface area (Å²) in [5, 5.41) is 2.49. The lowest BCUT2D eigenvalue weighted by molar-refractivity contribution is 1.28. The molecule has 0 fully saturated rings. The molecule has 4 aromatic rings. The van der Waals surface area contributed by atoms with Crippen LogP contribution < -0.4 is 0 Å². The van der Waals surface area contributed by atoms with E-state index in [1.54, 1.807) is 11.3 Å². The average molecular weight is 453 g/mol. The predicted molar refractivity (Wildman–Crippen MR) is 147 cm³/mol. The summed E-state index contributed by atoms with van der Waals surface area (Å²) in [5.41, 5.74) is 11.7. The van der Waals surface area contributed by atoms with E-state index in [0.29, 0.717) is 0 Å². The summed E-state index contributed by atoms with van der Waals surface area (Å²) in [6, 6.07) is 17.5. The molecule has 0 bridgehead atoms. The summed E-state index contributed by atoms with van der Waals surface area (Å²) in [4.78, 5) is 12.6. The molecule has 0 atom stereocenters. The monoisotopic (exact) mass is 452 g/mol. The van der Waals surface area contributed by atoms with Crippen molar-refractivity contribution in [2.45, 2.75) is 55.4 Å². The van der Waals surface area contributed by atoms with Crippen LogP contribution in [0.4, 0.5) is 11.4 Å². The molecule has 0 unspecified atom stereocenters. The molecule has 0 aliphatic carbocycles. The van der Waals surface area contributed by atoms with E-state index < -0.39 is 0 Å². The van der Waals surface area contributed by atoms with Crippen molar-refractivity contribution in [3.8, 4) is 0 Å². The van der Waals surface area contributed by atoms with E-state index in [1.807, 2.05) is 0 Å². The van der Waals surface area contributed by atoms with Crippen LogP contribution >= 0.6 is 11.3 Å². The molecular formula is C30H32N2S. The summed E-state index contributed by atoms with van der Waals surface area (Å²) in [5.74, 6) is 0. The Kier molecular flexibility index (Phi) is 6.36. The van der Waals surface area contributed by atoms with Crippen molar-refractivity contribution in [1.82, 2.24) is 0 Å². The molecule has 3 heteroatoms. The molecule has 0 N–H and O–H groups in total. The molecule has 0 amide bonds. The molecule has 0 radical (unpaired) electrons. The van der Waals surface area contributed by atoms with Gasteiger partial charge in [-0.1, -0.05) is 59.7 Å². The van der Waals surface area contributed by atoms with Crippen LogP contribution in [0, 0.1) is 41.5 Å². The van der Waals surface area contributed by atoms with Crippen molar-refractivity contribution in [3.63, 3.8) is 0 Å². The molecule has 0 saturated heterocycles. The first kappa shape index (κ1) is 23.1. The smallest absolute Gasteiger partial charge is 0.0691 e. The van der Waals surface area contributed by atoms with Gasteiger partial charge in [-0.3, -0.25) is 9.98 Å². The Morgan fingerprint density at radius 1 is 0.576 bits per heavy atom. The van der Waals surface area contributed by atoms with Gasteiger partial charge in [0.05, 0.1) is 32.6 Å². The quantitative estimate of drug-likeness (QED) is 0.276. The fraction of sp³-hybridized carbons (Fsp3) is 0.267. The Morgan fingerprint density at radius 3 is 1.24 bits per heavy atom. The number of rotatable bonds is 4. The summed E-state index contributed by atoms with van der Waals surface area (Å²) in [7, 11) is 0. The fourth-order valence-corrected chi connectivity index (χ4v) is 5.93. The lowest BCUT2D eigenvalue weighted by Gasteiger charge is -2.08. The highest BCUT2D eigenvalue weighted by Gasteiger charge is 2.16. The average Bonchev–Trinajstić information content (AvgIpc) is 3.13. The van der Waals surface area contributed by atoms with Crippen LogP contribution in [0.1, 0.15) is 57.0 Å². The molecule has 0 aliphatic heterocycles. The molecule has 0 saturated carbocycles. The Balaban J connectivity index is 1.86. The van der Waals surface area contributed by atoms with Gasteiger partial charge < -0.3 is 0 Å². The minimum atomic E-state index is 1.05. The molecule has 3 aromatic carbocycles. The summed E-state index contributed by atoms with van der Waals surface area (Å²) < 4.78 is 0. The van der Waals surface area contributed by atoms with E-state index in [1.165, 1.54) is 53.9 Å². The maximum atomic E-state index is 5.10. The number of aliphatic imine (C=N–C) groups is 2. The normalized spacial score (nSPS) is 12.6. The van der Waals surface area contributed by atoms with Crippen molar-refractivity contribution in [2.75, 3.05) is 0 Å². The summed E-state index contributed by atoms with van der Waals surface area (Å²) in [6.07, 6.45) is 0. The number of hydrogen-bond acceptors (Lipinski definition) is 3. The lowest BCUT2D eigenvalue weighted by Crippen LogP contribution is -1.93. The zero-order chi connectivity index (χ0) is 23.9. The van der Waals surface area contributed by atoms with Crippen LogP contribution in [0.3, 0.4) is 0 Å². The third kappa shape index (κ3) is 4.56. The first-order chi connectivity index (χ1) is 15.7. The van der Waals surface area contributed by atoms with Crippen molar-refractivity contribution >= 4 is 44.9 Å². The molecule has 1 aromatic heterocycles. The minimum Gasteiger partial charge on any atom is -0.252 e. The SMILES string of the molecule is CC(=Nc1c(C)cc(C)cc1C)c1sc(C(C)=Nc2c(C)cc(C)cc2C)c2ccccc12. The van der Waals surface area contributed by atoms with Crippen molar-refractivity contribution < 1.29 is 0 Å². The topological polar surface area (TPSA) is 24.7 Å². The van der Waals surface area contributed by atoms with Gasteiger partial charge in [0, 0.05) is 10.8 Å². The first-order valence-electron chi connectivity index (χ1n) is 11.4. The highest BCUT2D eigenvalue weighted by molar-refractivity contribution is 7.18. The Bertz CT molecular complexity index is 1280. The van der Waals surface area contributed by atoms with Gasteiger partial charge in [0.2, 0.25) is 0 Å². The van der Waals surface area contributed by atoms with Gasteiger partial charge in [-0.25, -0.2) is 0 Å². The molecular weight excluding hydrogens is 420 g/mol. The highest BCUT2D eigenvalue weighted by Crippen LogP contribution is 2.35. The Labute approximate surface area is 201 Å². The van der Waals surface area contributed by atoms with Crippen molar-refractivity contribution in [2.24, 2.45) is 9.98 Å². The molecule has 4 rings (SSSR count). The van der Waals surface area contributed by atoms with Crippen LogP contribution in [-0.2, 0) is 0 Å². The van der Waals surface area contributed by atoms with Gasteiger partial charge in [0.25, 0.3) is 0 Å². The standard InChI is InChI=1S/C30H32N2S/c1-17-13-19(3)27(20(4)14-17)31-23(7)29-25-11-9-10-12-26(25)30(33-29)24(8)32-28-21(5)15-18(2)16-22(28)6/h9-16H,1-8H3. The van der Waals surface area contributed by atoms with E-state index in [-0.39, 0.29) is 0 Å². The third-order valence-corrected chi connectivity index (χ3v) is 7.55. The second-order valence-corrected chi connectivity index (χ2v) is 10.2. The minimum absolute atomic E-state index is 1.05. The Hall–Kier alpha value is -3.04. The largest absolute Gasteiger partial charge is 0.252 e. The van der Waals surface area contributed by atoms with Crippen molar-refractivity contribution in [3.05, 3.63) is 91.7 Å². The summed E-state index contributed by atoms with van der Waals surface area (Å²) in [6.45, 7) is 17.1. The zero-order valence-corrected chi connectivity index (χ0v) is 21.7. The summed E-state index contributed by atoms with van der Waals surface area (Å²) >= 11 is 1.80. The molecule has 1 heterocycles. The van der Waals surface area contributed by atoms with Crippen LogP contribution in [0.5, 0.6) is 0 Å². The number of thiophene rings is 1. The maximum Gasteiger partial charge on any atom is 0.0691 e. The second-order valence-electron chi connectivity index (χ2n) is 9.19. The maximum absolute atomic E-state index is 5.10. The molecule has 168 valence electrons. The van der Waals surface area contributed by atoms with Gasteiger partial charge in [-0.15, -0.1) is 11.3 Å². The van der Waals surface area contributed by atoms with E-state index >= 15 is 0 Å². The fourth-order valence-electron chi connectivity index (χ4n) is 4.76. The van der Waals surface area contributed by atoms with Crippen LogP contribution in [0.15, 0.2) is 58.5 Å². The molecule has 33 heavy (non-hydrogen) atoms. The number of aryl methyl sites for hydroxylation is 6. The predicted octanol–water partition coefficient (Wildman–Crippen LogP) is 9.03. The van der Waals surface area contributed by atoms with Gasteiger partial charge in [-0.05, 0) is 77.6 Å². The number of nitrogens with zero attached hydrogens (tertiary/aromatic N) is 2. The lowest BCUT2D eigenvalue weighted by atomic mass is 10.0. The molecule has 0 spiro atoms. The number of fused-ring (bicyclic) bond motifs is 1. The van der Waals surface area contributed by atoms with E-state index in [0.717, 1.165) is 22.8 Å². The van der Waals surface area contributed by atoms with E-state index in [9.17, 15) is 0 Å². The van der Waals surface area contributed by atoms with Crippen LogP contribution in [-0.4, -0.2) is 11.4 Å². The third-order valence-electron chi connectivity index (χ3n) is 6.11. The number of hydrogen-bond donors (Lipinski definition) is 0. The van der Waals surface area contributed by atoms with Gasteiger partial charge in [0.15, 0.2) is 0 Å². The first-order valence-corrected chi connectivity index (χ1v) is 12.3. The molecule has 0 aliphatic rings. The zero-order valence-electron chi connectivity index (χ0n) is 20.9. The van der Waals surface area contributed by atoms with Crippen LogP contribution in [0.25, 0.3) is 10.8 Å². The van der Waals surface area contributed by atoms with Gasteiger partial charge in [-0.2, -0.15) is 0 Å². The van der Waals surface area contributed by atoms with Gasteiger partial charge >= 0.3 is 0 Å². The van der Waals surface area contributed by atoms with E-state index in [4.69, 9.17) is 9.98 Å². The Morgan fingerprint density at radius 2 is 0.909 bits per heavy atom. The molecule has 2 nitrogen and oxygen atoms in total. The van der Waals surface area contributed by atoms with Crippen LogP contribution in [0.2, 0.25) is 0 Å².